The van der Waals surface area contributed by atoms with Gasteiger partial charge in [-0.1, -0.05) is 259 Å². The molecule has 0 aromatic heterocycles. The molecule has 0 radical (unpaired) electrons. The maximum absolute atomic E-state index is 14.6. The SMILES string of the molecule is CCCCCCCCCCCCCC(=O)O[C@H](CCCCCCCCCCC)CC(=O)NC1[C@H](OCC2O[C@H](O)C(NC(=O)C[C@H](O)CCCCCCCCCCC)[C@@H](O)[C@@H]2O)OC(CO)[C@@H](OP(C)(=O)O)[C@@H]1OC(=O)C[C@H](O)CCCCCCCCCCC. The number of aliphatic hydroxyl groups excluding tert-OH is 6. The number of hydrogen-bond acceptors (Lipinski definition) is 17. The number of unbranched alkanes of at least 4 members (excludes halogenated alkanes) is 34. The normalized spacial score (nSPS) is 23.6. The number of rotatable bonds is 58. The highest BCUT2D eigenvalue weighted by molar-refractivity contribution is 7.51. The summed E-state index contributed by atoms with van der Waals surface area (Å²) in [6.45, 7) is 8.08. The Kier molecular flexibility index (Phi) is 49.2. The third-order valence-corrected chi connectivity index (χ3v) is 18.3. The molecular formula is C69H131N2O18P. The Balaban J connectivity index is 2.36. The van der Waals surface area contributed by atoms with Crippen LogP contribution in [-0.2, 0) is 52.0 Å². The van der Waals surface area contributed by atoms with Gasteiger partial charge < -0.3 is 69.9 Å². The highest BCUT2D eigenvalue weighted by atomic mass is 31.2. The zero-order valence-corrected chi connectivity index (χ0v) is 57.7. The van der Waals surface area contributed by atoms with Crippen LogP contribution in [0, 0.1) is 0 Å². The van der Waals surface area contributed by atoms with E-state index in [1.807, 2.05) is 0 Å². The van der Waals surface area contributed by atoms with E-state index in [1.165, 1.54) is 116 Å². The maximum Gasteiger partial charge on any atom is 0.325 e. The van der Waals surface area contributed by atoms with Gasteiger partial charge in [-0.05, 0) is 32.1 Å². The predicted molar refractivity (Wildman–Crippen MR) is 351 cm³/mol. The van der Waals surface area contributed by atoms with Crippen LogP contribution in [0.5, 0.6) is 0 Å². The summed E-state index contributed by atoms with van der Waals surface area (Å²) in [6.07, 6.45) is 24.3. The number of nitrogens with one attached hydrogen (secondary N) is 2. The molecule has 0 aromatic rings. The van der Waals surface area contributed by atoms with Gasteiger partial charge in [0, 0.05) is 13.1 Å². The fourth-order valence-corrected chi connectivity index (χ4v) is 12.9. The zero-order valence-electron chi connectivity index (χ0n) is 56.8. The summed E-state index contributed by atoms with van der Waals surface area (Å²) in [5, 5.41) is 71.7. The Morgan fingerprint density at radius 3 is 1.32 bits per heavy atom. The smallest absolute Gasteiger partial charge is 0.325 e. The first-order valence-electron chi connectivity index (χ1n) is 36.3. The van der Waals surface area contributed by atoms with E-state index < -0.39 is 131 Å². The summed E-state index contributed by atoms with van der Waals surface area (Å²) >= 11 is 0. The van der Waals surface area contributed by atoms with Gasteiger partial charge in [0.2, 0.25) is 11.8 Å². The minimum atomic E-state index is -4.49. The Morgan fingerprint density at radius 1 is 0.478 bits per heavy atom. The molecule has 21 heteroatoms. The van der Waals surface area contributed by atoms with Gasteiger partial charge in [0.15, 0.2) is 18.7 Å². The molecule has 2 aliphatic rings. The molecule has 0 spiro atoms. The van der Waals surface area contributed by atoms with Gasteiger partial charge in [0.05, 0.1) is 44.7 Å². The number of esters is 2. The molecule has 0 aromatic carbocycles. The quantitative estimate of drug-likeness (QED) is 0.0155. The number of amides is 2. The van der Waals surface area contributed by atoms with E-state index in [9.17, 15) is 59.3 Å². The molecule has 20 nitrogen and oxygen atoms in total. The number of aliphatic hydroxyl groups is 6. The van der Waals surface area contributed by atoms with Crippen molar-refractivity contribution in [1.82, 2.24) is 10.6 Å². The van der Waals surface area contributed by atoms with Gasteiger partial charge in [-0.15, -0.1) is 0 Å². The van der Waals surface area contributed by atoms with E-state index in [2.05, 4.69) is 38.3 Å². The van der Waals surface area contributed by atoms with E-state index in [4.69, 9.17) is 28.2 Å². The van der Waals surface area contributed by atoms with Crippen LogP contribution in [0.4, 0.5) is 0 Å². The summed E-state index contributed by atoms with van der Waals surface area (Å²) in [4.78, 5) is 65.8. The van der Waals surface area contributed by atoms with Gasteiger partial charge in [-0.25, -0.2) is 0 Å². The minimum Gasteiger partial charge on any atom is -0.462 e. The lowest BCUT2D eigenvalue weighted by atomic mass is 9.95. The lowest BCUT2D eigenvalue weighted by Gasteiger charge is -2.46. The summed E-state index contributed by atoms with van der Waals surface area (Å²) in [5.41, 5.74) is 0. The third kappa shape index (κ3) is 40.2. The summed E-state index contributed by atoms with van der Waals surface area (Å²) in [7, 11) is -4.49. The van der Waals surface area contributed by atoms with Crippen LogP contribution in [0.15, 0.2) is 0 Å². The van der Waals surface area contributed by atoms with Gasteiger partial charge >= 0.3 is 19.5 Å². The second-order valence-electron chi connectivity index (χ2n) is 26.3. The molecule has 0 saturated carbocycles. The van der Waals surface area contributed by atoms with Crippen LogP contribution in [0.2, 0.25) is 0 Å². The summed E-state index contributed by atoms with van der Waals surface area (Å²) < 4.78 is 48.9. The van der Waals surface area contributed by atoms with Crippen molar-refractivity contribution >= 4 is 31.3 Å². The third-order valence-electron chi connectivity index (χ3n) is 17.6. The molecule has 2 rings (SSSR count). The van der Waals surface area contributed by atoms with Crippen LogP contribution in [0.1, 0.15) is 317 Å². The fraction of sp³-hybridized carbons (Fsp3) is 0.942. The van der Waals surface area contributed by atoms with Gasteiger partial charge in [-0.2, -0.15) is 0 Å². The van der Waals surface area contributed by atoms with Crippen molar-refractivity contribution in [2.45, 2.75) is 396 Å². The molecule has 14 atom stereocenters. The Morgan fingerprint density at radius 2 is 0.878 bits per heavy atom. The van der Waals surface area contributed by atoms with Gasteiger partial charge in [0.25, 0.3) is 0 Å². The molecule has 0 bridgehead atoms. The highest BCUT2D eigenvalue weighted by Crippen LogP contribution is 2.43. The van der Waals surface area contributed by atoms with Crippen molar-refractivity contribution in [2.75, 3.05) is 19.9 Å². The van der Waals surface area contributed by atoms with Crippen LogP contribution >= 0.6 is 7.60 Å². The largest absolute Gasteiger partial charge is 0.462 e. The predicted octanol–water partition coefficient (Wildman–Crippen LogP) is 12.5. The molecule has 9 N–H and O–H groups in total. The van der Waals surface area contributed by atoms with Crippen LogP contribution in [-0.4, -0.2) is 159 Å². The number of hydrogen-bond donors (Lipinski definition) is 9. The second-order valence-corrected chi connectivity index (χ2v) is 28.1. The molecular weight excluding hydrogens is 1180 g/mol. The van der Waals surface area contributed by atoms with E-state index in [0.717, 1.165) is 116 Å². The van der Waals surface area contributed by atoms with Crippen LogP contribution < -0.4 is 10.6 Å². The van der Waals surface area contributed by atoms with Gasteiger partial charge in [0.1, 0.15) is 48.7 Å². The van der Waals surface area contributed by atoms with Crippen LogP contribution in [0.25, 0.3) is 0 Å². The number of carbonyl (C=O) groups excluding carboxylic acids is 4. The molecule has 2 heterocycles. The molecule has 90 heavy (non-hydrogen) atoms. The molecule has 2 saturated heterocycles. The average molecular weight is 1310 g/mol. The monoisotopic (exact) mass is 1310 g/mol. The van der Waals surface area contributed by atoms with Gasteiger partial charge in [-0.3, -0.25) is 28.3 Å². The lowest BCUT2D eigenvalue weighted by Crippen LogP contribution is -2.67. The van der Waals surface area contributed by atoms with E-state index in [0.29, 0.717) is 32.1 Å². The van der Waals surface area contributed by atoms with Crippen molar-refractivity contribution in [2.24, 2.45) is 0 Å². The molecule has 2 fully saturated rings. The summed E-state index contributed by atoms with van der Waals surface area (Å²) in [5.74, 6) is -2.79. The van der Waals surface area contributed by atoms with Crippen molar-refractivity contribution in [3.63, 3.8) is 0 Å². The first-order valence-corrected chi connectivity index (χ1v) is 38.3. The minimum absolute atomic E-state index is 0.177. The lowest BCUT2D eigenvalue weighted by molar-refractivity contribution is -0.297. The second kappa shape index (κ2) is 52.9. The maximum atomic E-state index is 14.6. The Bertz CT molecular complexity index is 1850. The Labute approximate surface area is 543 Å². The summed E-state index contributed by atoms with van der Waals surface area (Å²) in [6, 6.07) is -3.13. The standard InChI is InChI=1S/C69H131N2O18P/c1-6-10-14-18-22-26-27-31-35-39-43-47-60(77)85-55(46-42-38-34-30-25-21-17-13-9-4)50-59(76)71-63-67(88-61(78)49-54(74)45-41-37-33-29-24-20-16-12-8-3)66(89-90(5,82)83)56(51-72)87-69(63)84-52-57-64(79)65(80)62(68(81)86-57)70-58(75)48-53(73)44-40-36-32-28-23-19-15-11-7-2/h53-57,62-69,72-74,79-81H,6-52H2,1-5H3,(H,70,75)(H,71,76)(H,82,83)/t53-,54-,55-,56?,57?,62?,63?,64-,65-,66-,67-,68+,69-/m1/s1. The van der Waals surface area contributed by atoms with Crippen molar-refractivity contribution in [1.29, 1.82) is 0 Å². The van der Waals surface area contributed by atoms with E-state index in [1.54, 1.807) is 0 Å². The molecule has 0 aliphatic carbocycles. The molecule has 2 aliphatic heterocycles. The molecule has 5 unspecified atom stereocenters. The zero-order chi connectivity index (χ0) is 66.2. The van der Waals surface area contributed by atoms with Crippen molar-refractivity contribution < 1.29 is 87.5 Å². The molecule has 530 valence electrons. The first-order chi connectivity index (χ1) is 43.4. The molecule has 2 amide bonds. The topological polar surface area (TPSA) is 306 Å². The fourth-order valence-electron chi connectivity index (χ4n) is 12.2. The Hall–Kier alpha value is -2.33. The average Bonchev–Trinajstić information content (AvgIpc) is 0.885. The number of carbonyl (C=O) groups is 4. The highest BCUT2D eigenvalue weighted by Gasteiger charge is 2.53. The number of ether oxygens (including phenoxy) is 5. The van der Waals surface area contributed by atoms with Crippen molar-refractivity contribution in [3.8, 4) is 0 Å². The van der Waals surface area contributed by atoms with E-state index in [-0.39, 0.29) is 25.7 Å². The van der Waals surface area contributed by atoms with Crippen LogP contribution in [0.3, 0.4) is 0 Å². The van der Waals surface area contributed by atoms with E-state index >= 15 is 0 Å². The first kappa shape index (κ1) is 83.8. The van der Waals surface area contributed by atoms with Crippen molar-refractivity contribution in [3.05, 3.63) is 0 Å².